The Morgan fingerprint density at radius 2 is 1.83 bits per heavy atom. The van der Waals surface area contributed by atoms with Crippen LogP contribution in [0.1, 0.15) is 26.3 Å². The van der Waals surface area contributed by atoms with Crippen LogP contribution in [-0.4, -0.2) is 49.5 Å². The van der Waals surface area contributed by atoms with Gasteiger partial charge in [-0.25, -0.2) is 4.99 Å². The molecule has 0 spiro atoms. The van der Waals surface area contributed by atoms with Gasteiger partial charge in [-0.1, -0.05) is 26.0 Å². The van der Waals surface area contributed by atoms with Gasteiger partial charge in [0.2, 0.25) is 5.91 Å². The van der Waals surface area contributed by atoms with Crippen LogP contribution in [0.15, 0.2) is 46.8 Å². The summed E-state index contributed by atoms with van der Waals surface area (Å²) < 4.78 is 0. The van der Waals surface area contributed by atoms with Crippen LogP contribution >= 0.6 is 35.3 Å². The smallest absolute Gasteiger partial charge is 0.226 e. The van der Waals surface area contributed by atoms with E-state index < -0.39 is 0 Å². The second-order valence-electron chi connectivity index (χ2n) is 7.44. The van der Waals surface area contributed by atoms with E-state index in [1.165, 1.54) is 5.00 Å². The van der Waals surface area contributed by atoms with Crippen molar-refractivity contribution in [1.29, 1.82) is 0 Å². The van der Waals surface area contributed by atoms with Gasteiger partial charge in [0.05, 0.1) is 11.5 Å². The third kappa shape index (κ3) is 6.87. The average Bonchev–Trinajstić information content (AvgIpc) is 3.27. The SMILES string of the molecule is CCNC(=NCc1ccc(NC(=O)C(C)C)cc1)N1CCN(c2cccs2)CC1.I. The molecule has 1 saturated heterocycles. The molecule has 0 bridgehead atoms. The molecule has 0 radical (unpaired) electrons. The fourth-order valence-electron chi connectivity index (χ4n) is 3.16. The second kappa shape index (κ2) is 12.1. The van der Waals surface area contributed by atoms with Crippen LogP contribution in [0.5, 0.6) is 0 Å². The fourth-order valence-corrected chi connectivity index (χ4v) is 3.95. The van der Waals surface area contributed by atoms with E-state index in [0.717, 1.165) is 49.9 Å². The van der Waals surface area contributed by atoms with Crippen molar-refractivity contribution in [3.63, 3.8) is 0 Å². The Morgan fingerprint density at radius 3 is 2.40 bits per heavy atom. The molecule has 1 aliphatic rings. The molecule has 30 heavy (non-hydrogen) atoms. The number of anilines is 2. The molecule has 2 heterocycles. The first-order chi connectivity index (χ1) is 14.1. The maximum atomic E-state index is 11.8. The summed E-state index contributed by atoms with van der Waals surface area (Å²) in [7, 11) is 0. The summed E-state index contributed by atoms with van der Waals surface area (Å²) in [6, 6.07) is 12.2. The van der Waals surface area contributed by atoms with Crippen molar-refractivity contribution in [2.45, 2.75) is 27.3 Å². The highest BCUT2D eigenvalue weighted by Crippen LogP contribution is 2.22. The number of hydrogen-bond donors (Lipinski definition) is 2. The quantitative estimate of drug-likeness (QED) is 0.326. The topological polar surface area (TPSA) is 60.0 Å². The third-order valence-electron chi connectivity index (χ3n) is 4.89. The first-order valence-electron chi connectivity index (χ1n) is 10.3. The summed E-state index contributed by atoms with van der Waals surface area (Å²) in [4.78, 5) is 21.4. The molecule has 1 aliphatic heterocycles. The molecule has 6 nitrogen and oxygen atoms in total. The van der Waals surface area contributed by atoms with Crippen LogP contribution < -0.4 is 15.5 Å². The van der Waals surface area contributed by atoms with Crippen molar-refractivity contribution in [1.82, 2.24) is 10.2 Å². The van der Waals surface area contributed by atoms with Gasteiger partial charge in [-0.05, 0) is 42.1 Å². The molecule has 0 aliphatic carbocycles. The largest absolute Gasteiger partial charge is 0.360 e. The zero-order valence-corrected chi connectivity index (χ0v) is 21.1. The van der Waals surface area contributed by atoms with Gasteiger partial charge in [0.15, 0.2) is 5.96 Å². The number of benzene rings is 1. The molecule has 0 atom stereocenters. The molecule has 0 unspecified atom stereocenters. The van der Waals surface area contributed by atoms with Gasteiger partial charge in [0.1, 0.15) is 0 Å². The highest BCUT2D eigenvalue weighted by atomic mass is 127. The summed E-state index contributed by atoms with van der Waals surface area (Å²) in [6.07, 6.45) is 0. The van der Waals surface area contributed by atoms with Crippen molar-refractivity contribution >= 4 is 57.9 Å². The summed E-state index contributed by atoms with van der Waals surface area (Å²) >= 11 is 1.80. The fraction of sp³-hybridized carbons (Fsp3) is 0.455. The summed E-state index contributed by atoms with van der Waals surface area (Å²) in [5, 5.41) is 9.82. The van der Waals surface area contributed by atoms with E-state index in [4.69, 9.17) is 4.99 Å². The maximum absolute atomic E-state index is 11.8. The normalized spacial score (nSPS) is 14.5. The van der Waals surface area contributed by atoms with Crippen molar-refractivity contribution < 1.29 is 4.79 Å². The lowest BCUT2D eigenvalue weighted by atomic mass is 10.1. The number of amides is 1. The number of nitrogens with one attached hydrogen (secondary N) is 2. The van der Waals surface area contributed by atoms with Crippen molar-refractivity contribution in [3.05, 3.63) is 47.3 Å². The maximum Gasteiger partial charge on any atom is 0.226 e. The van der Waals surface area contributed by atoms with Crippen molar-refractivity contribution in [3.8, 4) is 0 Å². The third-order valence-corrected chi connectivity index (χ3v) is 5.82. The van der Waals surface area contributed by atoms with Gasteiger partial charge in [0, 0.05) is 44.3 Å². The minimum absolute atomic E-state index is 0. The Labute approximate surface area is 200 Å². The summed E-state index contributed by atoms with van der Waals surface area (Å²) in [5.41, 5.74) is 1.95. The van der Waals surface area contributed by atoms with E-state index >= 15 is 0 Å². The molecule has 1 fully saturated rings. The molecule has 164 valence electrons. The van der Waals surface area contributed by atoms with Crippen LogP contribution in [0, 0.1) is 5.92 Å². The molecule has 8 heteroatoms. The highest BCUT2D eigenvalue weighted by Gasteiger charge is 2.20. The number of halogens is 1. The monoisotopic (exact) mass is 541 g/mol. The zero-order chi connectivity index (χ0) is 20.6. The lowest BCUT2D eigenvalue weighted by Gasteiger charge is -2.37. The van der Waals surface area contributed by atoms with Gasteiger partial charge in [0.25, 0.3) is 0 Å². The van der Waals surface area contributed by atoms with Gasteiger partial charge < -0.3 is 20.4 Å². The predicted octanol–water partition coefficient (Wildman–Crippen LogP) is 4.25. The number of nitrogens with zero attached hydrogens (tertiary/aromatic N) is 3. The first kappa shape index (κ1) is 24.5. The number of aliphatic imine (C=N–C) groups is 1. The number of carbonyl (C=O) groups excluding carboxylic acids is 1. The van der Waals surface area contributed by atoms with Crippen LogP contribution in [0.4, 0.5) is 10.7 Å². The summed E-state index contributed by atoms with van der Waals surface area (Å²) in [5.74, 6) is 0.977. The van der Waals surface area contributed by atoms with E-state index in [-0.39, 0.29) is 35.8 Å². The van der Waals surface area contributed by atoms with Crippen LogP contribution in [0.3, 0.4) is 0 Å². The molecule has 2 aromatic rings. The predicted molar refractivity (Wildman–Crippen MR) is 138 cm³/mol. The van der Waals surface area contributed by atoms with Gasteiger partial charge in [-0.2, -0.15) is 0 Å². The molecule has 1 aromatic heterocycles. The van der Waals surface area contributed by atoms with E-state index in [1.807, 2.05) is 38.1 Å². The molecule has 1 amide bonds. The number of guanidine groups is 1. The molecule has 1 aromatic carbocycles. The molecular weight excluding hydrogens is 509 g/mol. The Bertz CT molecular complexity index is 799. The summed E-state index contributed by atoms with van der Waals surface area (Å²) in [6.45, 7) is 11.3. The van der Waals surface area contributed by atoms with E-state index in [2.05, 4.69) is 44.9 Å². The number of piperazine rings is 1. The second-order valence-corrected chi connectivity index (χ2v) is 8.36. The number of thiophene rings is 1. The van der Waals surface area contributed by atoms with Crippen LogP contribution in [-0.2, 0) is 11.3 Å². The van der Waals surface area contributed by atoms with E-state index in [9.17, 15) is 4.79 Å². The number of carbonyl (C=O) groups is 1. The lowest BCUT2D eigenvalue weighted by molar-refractivity contribution is -0.118. The van der Waals surface area contributed by atoms with Gasteiger partial charge in [-0.15, -0.1) is 35.3 Å². The minimum Gasteiger partial charge on any atom is -0.360 e. The number of hydrogen-bond acceptors (Lipinski definition) is 4. The Balaban J connectivity index is 0.00000320. The molecule has 3 rings (SSSR count). The van der Waals surface area contributed by atoms with Gasteiger partial charge >= 0.3 is 0 Å². The van der Waals surface area contributed by atoms with Crippen molar-refractivity contribution in [2.75, 3.05) is 42.9 Å². The first-order valence-corrected chi connectivity index (χ1v) is 11.2. The van der Waals surface area contributed by atoms with E-state index in [0.29, 0.717) is 6.54 Å². The standard InChI is InChI=1S/C22H31N5OS.HI/c1-4-23-22(27-13-11-26(12-14-27)20-6-5-15-29-20)24-16-18-7-9-19(10-8-18)25-21(28)17(2)3;/h5-10,15,17H,4,11-14,16H2,1-3H3,(H,23,24)(H,25,28);1H. The minimum atomic E-state index is -0.0257. The Kier molecular flexibility index (Phi) is 9.90. The number of rotatable bonds is 6. The molecular formula is C22H32IN5OS. The van der Waals surface area contributed by atoms with Gasteiger partial charge in [-0.3, -0.25) is 4.79 Å². The highest BCUT2D eigenvalue weighted by molar-refractivity contribution is 14.0. The lowest BCUT2D eigenvalue weighted by Crippen LogP contribution is -2.52. The van der Waals surface area contributed by atoms with Crippen LogP contribution in [0.25, 0.3) is 0 Å². The van der Waals surface area contributed by atoms with Crippen LogP contribution in [0.2, 0.25) is 0 Å². The Hall–Kier alpha value is -1.81. The average molecular weight is 542 g/mol. The van der Waals surface area contributed by atoms with Crippen molar-refractivity contribution in [2.24, 2.45) is 10.9 Å². The Morgan fingerprint density at radius 1 is 1.13 bits per heavy atom. The molecule has 0 saturated carbocycles. The molecule has 2 N–H and O–H groups in total. The zero-order valence-electron chi connectivity index (χ0n) is 17.9. The van der Waals surface area contributed by atoms with E-state index in [1.54, 1.807) is 11.3 Å².